The second-order valence-electron chi connectivity index (χ2n) is 8.04. The zero-order valence-corrected chi connectivity index (χ0v) is 17.2. The Morgan fingerprint density at radius 1 is 0.968 bits per heavy atom. The Morgan fingerprint density at radius 2 is 1.74 bits per heavy atom. The Morgan fingerprint density at radius 3 is 2.55 bits per heavy atom. The third-order valence-corrected chi connectivity index (χ3v) is 5.88. The van der Waals surface area contributed by atoms with E-state index >= 15 is 0 Å². The van der Waals surface area contributed by atoms with E-state index in [-0.39, 0.29) is 10.5 Å². The van der Waals surface area contributed by atoms with Crippen molar-refractivity contribution in [1.82, 2.24) is 4.98 Å². The highest BCUT2D eigenvalue weighted by Crippen LogP contribution is 2.40. The summed E-state index contributed by atoms with van der Waals surface area (Å²) < 4.78 is 24.4. The molecular formula is C24H24FN3O3. The summed E-state index contributed by atoms with van der Waals surface area (Å²) >= 11 is 0. The van der Waals surface area contributed by atoms with Crippen molar-refractivity contribution in [2.24, 2.45) is 0 Å². The molecule has 31 heavy (non-hydrogen) atoms. The first kappa shape index (κ1) is 19.8. The Balaban J connectivity index is 1.28. The molecule has 160 valence electrons. The first-order valence-electron chi connectivity index (χ1n) is 10.5. The molecule has 0 bridgehead atoms. The molecule has 1 aromatic heterocycles. The van der Waals surface area contributed by atoms with Gasteiger partial charge in [0, 0.05) is 23.5 Å². The standard InChI is InChI=1S/C24H24FN3O3/c25-21-6-4-19(5-7-21)20-14-18(15-26-16-20)17-28(29)10-8-27(9-11-28)22-2-1-3-23-24(22)31-13-12-30-23/h1-7,14-16H,8-13,17H2. The lowest BCUT2D eigenvalue weighted by Gasteiger charge is -2.49. The predicted octanol–water partition coefficient (Wildman–Crippen LogP) is 3.99. The molecule has 6 nitrogen and oxygen atoms in total. The van der Waals surface area contributed by atoms with Gasteiger partial charge in [-0.25, -0.2) is 4.39 Å². The predicted molar refractivity (Wildman–Crippen MR) is 116 cm³/mol. The first-order chi connectivity index (χ1) is 15.1. The summed E-state index contributed by atoms with van der Waals surface area (Å²) in [4.78, 5) is 6.51. The molecule has 0 amide bonds. The smallest absolute Gasteiger partial charge is 0.184 e. The van der Waals surface area contributed by atoms with Gasteiger partial charge in [0.15, 0.2) is 11.5 Å². The molecule has 0 aliphatic carbocycles. The number of hydrogen-bond acceptors (Lipinski definition) is 5. The maximum atomic E-state index is 13.4. The largest absolute Gasteiger partial charge is 0.632 e. The van der Waals surface area contributed by atoms with Gasteiger partial charge < -0.3 is 24.2 Å². The average molecular weight is 421 g/mol. The lowest BCUT2D eigenvalue weighted by atomic mass is 10.1. The molecule has 2 aliphatic rings. The number of hydroxylamine groups is 3. The highest BCUT2D eigenvalue weighted by Gasteiger charge is 2.29. The second kappa shape index (κ2) is 8.17. The summed E-state index contributed by atoms with van der Waals surface area (Å²) in [5.74, 6) is 1.27. The van der Waals surface area contributed by atoms with Crippen LogP contribution in [0.2, 0.25) is 0 Å². The number of aromatic nitrogens is 1. The molecule has 0 atom stereocenters. The van der Waals surface area contributed by atoms with Gasteiger partial charge in [0.25, 0.3) is 0 Å². The summed E-state index contributed by atoms with van der Waals surface area (Å²) in [7, 11) is 0. The van der Waals surface area contributed by atoms with Crippen molar-refractivity contribution in [2.45, 2.75) is 6.54 Å². The highest BCUT2D eigenvalue weighted by molar-refractivity contribution is 5.65. The molecule has 1 fully saturated rings. The van der Waals surface area contributed by atoms with Gasteiger partial charge in [0.1, 0.15) is 25.6 Å². The van der Waals surface area contributed by atoms with Crippen LogP contribution in [0.5, 0.6) is 11.5 Å². The fourth-order valence-corrected chi connectivity index (χ4v) is 4.24. The SMILES string of the molecule is [O-][N+]1(Cc2cncc(-c3ccc(F)cc3)c2)CCN(c2cccc3c2OCCO3)CC1. The van der Waals surface area contributed by atoms with Crippen LogP contribution in [0.15, 0.2) is 60.9 Å². The number of benzene rings is 2. The minimum Gasteiger partial charge on any atom is -0.632 e. The molecule has 0 saturated carbocycles. The molecule has 0 radical (unpaired) electrons. The van der Waals surface area contributed by atoms with E-state index in [1.165, 1.54) is 12.1 Å². The number of ether oxygens (including phenoxy) is 2. The lowest BCUT2D eigenvalue weighted by molar-refractivity contribution is -0.894. The summed E-state index contributed by atoms with van der Waals surface area (Å²) in [5.41, 5.74) is 3.65. The maximum absolute atomic E-state index is 13.4. The number of nitrogens with zero attached hydrogens (tertiary/aromatic N) is 3. The van der Waals surface area contributed by atoms with Crippen LogP contribution in [-0.2, 0) is 6.54 Å². The zero-order valence-electron chi connectivity index (χ0n) is 17.2. The van der Waals surface area contributed by atoms with Crippen molar-refractivity contribution < 1.29 is 18.5 Å². The summed E-state index contributed by atoms with van der Waals surface area (Å²) in [6, 6.07) is 14.2. The van der Waals surface area contributed by atoms with Crippen molar-refractivity contribution >= 4 is 5.69 Å². The van der Waals surface area contributed by atoms with Gasteiger partial charge in [-0.3, -0.25) is 4.98 Å². The van der Waals surface area contributed by atoms with Crippen LogP contribution < -0.4 is 14.4 Å². The van der Waals surface area contributed by atoms with Crippen LogP contribution >= 0.6 is 0 Å². The topological polar surface area (TPSA) is 57.7 Å². The number of quaternary nitrogens is 1. The maximum Gasteiger partial charge on any atom is 0.184 e. The third kappa shape index (κ3) is 4.19. The number of rotatable bonds is 4. The number of fused-ring (bicyclic) bond motifs is 1. The minimum absolute atomic E-state index is 0.272. The fraction of sp³-hybridized carbons (Fsp3) is 0.292. The quantitative estimate of drug-likeness (QED) is 0.471. The molecular weight excluding hydrogens is 397 g/mol. The number of halogens is 1. The van der Waals surface area contributed by atoms with E-state index in [1.807, 2.05) is 24.3 Å². The van der Waals surface area contributed by atoms with Crippen molar-refractivity contribution in [2.75, 3.05) is 44.3 Å². The molecule has 2 aliphatic heterocycles. The number of para-hydroxylation sites is 1. The molecule has 2 aromatic carbocycles. The Kier molecular flexibility index (Phi) is 5.21. The Labute approximate surface area is 180 Å². The Hall–Kier alpha value is -3.16. The number of pyridine rings is 1. The number of anilines is 1. The number of piperazine rings is 1. The third-order valence-electron chi connectivity index (χ3n) is 5.88. The van der Waals surface area contributed by atoms with E-state index in [9.17, 15) is 9.60 Å². The van der Waals surface area contributed by atoms with E-state index in [0.717, 1.165) is 33.9 Å². The summed E-state index contributed by atoms with van der Waals surface area (Å²) in [6.45, 7) is 3.71. The molecule has 7 heteroatoms. The molecule has 3 aromatic rings. The highest BCUT2D eigenvalue weighted by atomic mass is 19.1. The molecule has 5 rings (SSSR count). The van der Waals surface area contributed by atoms with E-state index in [2.05, 4.69) is 9.88 Å². The van der Waals surface area contributed by atoms with Crippen LogP contribution in [0.3, 0.4) is 0 Å². The van der Waals surface area contributed by atoms with E-state index in [1.54, 1.807) is 24.5 Å². The molecule has 0 unspecified atom stereocenters. The van der Waals surface area contributed by atoms with Gasteiger partial charge in [-0.15, -0.1) is 0 Å². The van der Waals surface area contributed by atoms with Gasteiger partial charge in [-0.05, 0) is 35.9 Å². The van der Waals surface area contributed by atoms with Crippen LogP contribution in [0.1, 0.15) is 5.56 Å². The van der Waals surface area contributed by atoms with Crippen molar-refractivity contribution in [1.29, 1.82) is 0 Å². The van der Waals surface area contributed by atoms with Crippen LogP contribution in [0.25, 0.3) is 11.1 Å². The minimum atomic E-state index is -0.294. The Bertz CT molecular complexity index is 1070. The van der Waals surface area contributed by atoms with Gasteiger partial charge in [0.2, 0.25) is 0 Å². The zero-order chi connectivity index (χ0) is 21.3. The molecule has 1 saturated heterocycles. The van der Waals surface area contributed by atoms with Crippen molar-refractivity contribution in [3.05, 3.63) is 77.5 Å². The van der Waals surface area contributed by atoms with E-state index in [4.69, 9.17) is 9.47 Å². The van der Waals surface area contributed by atoms with Crippen LogP contribution in [-0.4, -0.2) is 49.0 Å². The lowest BCUT2D eigenvalue weighted by Crippen LogP contribution is -2.55. The summed E-state index contributed by atoms with van der Waals surface area (Å²) in [6.07, 6.45) is 3.49. The first-order valence-corrected chi connectivity index (χ1v) is 10.5. The van der Waals surface area contributed by atoms with Crippen LogP contribution in [0, 0.1) is 11.0 Å². The normalized spacial score (nSPS) is 17.4. The van der Waals surface area contributed by atoms with E-state index < -0.39 is 0 Å². The monoisotopic (exact) mass is 421 g/mol. The van der Waals surface area contributed by atoms with Gasteiger partial charge in [-0.2, -0.15) is 0 Å². The molecule has 0 N–H and O–H groups in total. The average Bonchev–Trinajstić information content (AvgIpc) is 2.80. The van der Waals surface area contributed by atoms with E-state index in [0.29, 0.717) is 45.9 Å². The van der Waals surface area contributed by atoms with Crippen molar-refractivity contribution in [3.8, 4) is 22.6 Å². The second-order valence-corrected chi connectivity index (χ2v) is 8.04. The molecule has 3 heterocycles. The fourth-order valence-electron chi connectivity index (χ4n) is 4.24. The van der Waals surface area contributed by atoms with Crippen molar-refractivity contribution in [3.63, 3.8) is 0 Å². The van der Waals surface area contributed by atoms with Gasteiger partial charge in [0.05, 0.1) is 31.9 Å². The van der Waals surface area contributed by atoms with Gasteiger partial charge in [-0.1, -0.05) is 18.2 Å². The van der Waals surface area contributed by atoms with Crippen LogP contribution in [0.4, 0.5) is 10.1 Å². The number of hydrogen-bond donors (Lipinski definition) is 0. The summed E-state index contributed by atoms with van der Waals surface area (Å²) in [5, 5.41) is 13.4. The molecule has 0 spiro atoms. The van der Waals surface area contributed by atoms with Gasteiger partial charge >= 0.3 is 0 Å².